The van der Waals surface area contributed by atoms with E-state index in [1.54, 1.807) is 0 Å². The highest BCUT2D eigenvalue weighted by Crippen LogP contribution is 2.61. The summed E-state index contributed by atoms with van der Waals surface area (Å²) >= 11 is 13.8. The molecule has 56 valence electrons. The second-order valence-electron chi connectivity index (χ2n) is 0.731. The Balaban J connectivity index is 0. The average Bonchev–Trinajstić information content (AvgIpc) is 1.61. The third-order valence-corrected chi connectivity index (χ3v) is 0.0962. The number of rotatable bonds is 1. The van der Waals surface area contributed by atoms with E-state index in [9.17, 15) is 4.57 Å². The Morgan fingerprint density at radius 2 is 1.56 bits per heavy atom. The van der Waals surface area contributed by atoms with Crippen LogP contribution in [0.3, 0.4) is 0 Å². The second-order valence-corrected chi connectivity index (χ2v) is 7.37. The molecule has 0 saturated carbocycles. The van der Waals surface area contributed by atoms with Crippen molar-refractivity contribution in [3.8, 4) is 0 Å². The van der Waals surface area contributed by atoms with Crippen LogP contribution < -0.4 is 0 Å². The van der Waals surface area contributed by atoms with Crippen LogP contribution in [0.15, 0.2) is 0 Å². The number of hydrogen-bond acceptors (Lipinski definition) is 3. The lowest BCUT2D eigenvalue weighted by Gasteiger charge is -1.74. The fourth-order valence-corrected chi connectivity index (χ4v) is 0. The minimum atomic E-state index is -3.22. The van der Waals surface area contributed by atoms with Crippen LogP contribution >= 0.6 is 38.9 Å². The molecule has 0 aromatic carbocycles. The topological polar surface area (TPSA) is 43.4 Å². The molecule has 0 bridgehead atoms. The van der Waals surface area contributed by atoms with E-state index in [0.29, 0.717) is 6.47 Å². The van der Waals surface area contributed by atoms with Gasteiger partial charge in [-0.3, -0.25) is 9.36 Å². The van der Waals surface area contributed by atoms with Gasteiger partial charge in [0.1, 0.15) is 0 Å². The highest BCUT2D eigenvalue weighted by molar-refractivity contribution is 8.24. The largest absolute Gasteiger partial charge is 0.471 e. The van der Waals surface area contributed by atoms with E-state index in [4.69, 9.17) is 4.79 Å². The summed E-state index contributed by atoms with van der Waals surface area (Å²) in [6.45, 7) is 0.375. The molecule has 0 atom stereocenters. The monoisotopic (exact) mass is 212 g/mol. The molecule has 0 unspecified atom stereocenters. The van der Waals surface area contributed by atoms with Gasteiger partial charge in [-0.2, -0.15) is 0 Å². The number of carbonyl (C=O) groups is 1. The van der Waals surface area contributed by atoms with Crippen LogP contribution in [0.4, 0.5) is 0 Å². The summed E-state index contributed by atoms with van der Waals surface area (Å²) < 4.78 is 13.4. The Hall–Kier alpha value is 0.570. The minimum absolute atomic E-state index is 0.375. The third kappa shape index (κ3) is 150. The molecule has 0 radical (unpaired) electrons. The van der Waals surface area contributed by atoms with E-state index in [1.165, 1.54) is 7.11 Å². The summed E-state index contributed by atoms with van der Waals surface area (Å²) in [5, 5.41) is -3.22. The minimum Gasteiger partial charge on any atom is -0.471 e. The zero-order valence-electron chi connectivity index (χ0n) is 4.38. The van der Waals surface area contributed by atoms with Crippen molar-refractivity contribution in [1.82, 2.24) is 0 Å². The molecule has 3 nitrogen and oxygen atoms in total. The van der Waals surface area contributed by atoms with Gasteiger partial charge in [0.2, 0.25) is 0 Å². The number of hydrogen-bond donors (Lipinski definition) is 0. The fraction of sp³-hybridized carbons (Fsp3) is 0.500. The smallest absolute Gasteiger partial charge is 0.339 e. The molecule has 0 fully saturated rings. The Kier molecular flexibility index (Phi) is 9.11. The number of halogens is 3. The van der Waals surface area contributed by atoms with Gasteiger partial charge in [-0.05, 0) is 33.7 Å². The Morgan fingerprint density at radius 3 is 1.56 bits per heavy atom. The van der Waals surface area contributed by atoms with Gasteiger partial charge in [0.05, 0.1) is 7.11 Å². The average molecular weight is 213 g/mol. The molecule has 7 heteroatoms. The van der Waals surface area contributed by atoms with E-state index in [1.807, 2.05) is 0 Å². The van der Waals surface area contributed by atoms with Crippen molar-refractivity contribution >= 4 is 45.4 Å². The molecule has 0 aliphatic carbocycles. The molecule has 0 aromatic rings. The summed E-state index contributed by atoms with van der Waals surface area (Å²) in [5.41, 5.74) is 0. The van der Waals surface area contributed by atoms with Crippen LogP contribution in [0.25, 0.3) is 0 Å². The number of ether oxygens (including phenoxy) is 1. The first kappa shape index (κ1) is 12.3. The summed E-state index contributed by atoms with van der Waals surface area (Å²) in [6.07, 6.45) is 0. The SMILES string of the molecule is COC=O.O=P(Cl)(Cl)Cl. The van der Waals surface area contributed by atoms with Crippen molar-refractivity contribution in [2.24, 2.45) is 0 Å². The molecule has 0 amide bonds. The first-order valence-electron chi connectivity index (χ1n) is 1.57. The van der Waals surface area contributed by atoms with E-state index in [2.05, 4.69) is 38.5 Å². The molecule has 0 spiro atoms. The van der Waals surface area contributed by atoms with Crippen molar-refractivity contribution in [2.75, 3.05) is 7.11 Å². The highest BCUT2D eigenvalue weighted by atomic mass is 36.0. The summed E-state index contributed by atoms with van der Waals surface area (Å²) in [6, 6.07) is 0. The predicted octanol–water partition coefficient (Wildman–Crippen LogP) is 2.60. The van der Waals surface area contributed by atoms with Crippen LogP contribution in [0.2, 0.25) is 0 Å². The molecule has 0 N–H and O–H groups in total. The van der Waals surface area contributed by atoms with Crippen LogP contribution in [0, 0.1) is 0 Å². The van der Waals surface area contributed by atoms with E-state index < -0.39 is 5.20 Å². The van der Waals surface area contributed by atoms with Crippen LogP contribution in [-0.4, -0.2) is 13.6 Å². The van der Waals surface area contributed by atoms with Gasteiger partial charge in [-0.1, -0.05) is 0 Å². The zero-order valence-corrected chi connectivity index (χ0v) is 7.55. The molecule has 0 saturated heterocycles. The van der Waals surface area contributed by atoms with Crippen molar-refractivity contribution in [3.05, 3.63) is 0 Å². The standard InChI is InChI=1S/C2H4O2.Cl3OP/c1-4-2-3;1-5(2,3)4/h2H,1H3;. The summed E-state index contributed by atoms with van der Waals surface area (Å²) in [7, 11) is 1.31. The van der Waals surface area contributed by atoms with E-state index >= 15 is 0 Å². The van der Waals surface area contributed by atoms with E-state index in [-0.39, 0.29) is 0 Å². The molecule has 0 heterocycles. The van der Waals surface area contributed by atoms with Crippen LogP contribution in [0.5, 0.6) is 0 Å². The lowest BCUT2D eigenvalue weighted by Crippen LogP contribution is -1.68. The lowest BCUT2D eigenvalue weighted by molar-refractivity contribution is -0.126. The zero-order chi connectivity index (χ0) is 7.91. The quantitative estimate of drug-likeness (QED) is 0.497. The summed E-state index contributed by atoms with van der Waals surface area (Å²) in [5.74, 6) is 0. The molecule has 0 aliphatic rings. The fourth-order valence-electron chi connectivity index (χ4n) is 0. The molecule has 0 aromatic heterocycles. The predicted molar refractivity (Wildman–Crippen MR) is 38.2 cm³/mol. The van der Waals surface area contributed by atoms with Crippen molar-refractivity contribution < 1.29 is 14.1 Å². The normalized spacial score (nSPS) is 8.89. The Morgan fingerprint density at radius 1 is 1.44 bits per heavy atom. The maximum absolute atomic E-state index is 9.51. The first-order chi connectivity index (χ1) is 3.91. The number of carbonyl (C=O) groups excluding carboxylic acids is 1. The van der Waals surface area contributed by atoms with Gasteiger partial charge >= 0.3 is 5.20 Å². The maximum atomic E-state index is 9.51. The molecule has 9 heavy (non-hydrogen) atoms. The first-order valence-corrected chi connectivity index (χ1v) is 5.99. The second kappa shape index (κ2) is 6.69. The van der Waals surface area contributed by atoms with Gasteiger partial charge in [0.15, 0.2) is 0 Å². The van der Waals surface area contributed by atoms with Gasteiger partial charge in [-0.25, -0.2) is 0 Å². The Bertz CT molecular complexity index is 101. The molecule has 0 rings (SSSR count). The van der Waals surface area contributed by atoms with Gasteiger partial charge in [0.25, 0.3) is 6.47 Å². The number of methoxy groups -OCH3 is 1. The Labute approximate surface area is 67.0 Å². The molecular weight excluding hydrogens is 209 g/mol. The van der Waals surface area contributed by atoms with Crippen molar-refractivity contribution in [3.63, 3.8) is 0 Å². The van der Waals surface area contributed by atoms with Crippen LogP contribution in [0.1, 0.15) is 0 Å². The van der Waals surface area contributed by atoms with Crippen LogP contribution in [-0.2, 0) is 14.1 Å². The summed E-state index contributed by atoms with van der Waals surface area (Å²) in [4.78, 5) is 8.95. The molecule has 0 aliphatic heterocycles. The molecular formula is C2H4Cl3O3P. The van der Waals surface area contributed by atoms with Gasteiger partial charge in [0, 0.05) is 0 Å². The van der Waals surface area contributed by atoms with Gasteiger partial charge in [-0.15, -0.1) is 0 Å². The highest BCUT2D eigenvalue weighted by Gasteiger charge is 2.02. The van der Waals surface area contributed by atoms with Gasteiger partial charge < -0.3 is 4.74 Å². The lowest BCUT2D eigenvalue weighted by atomic mass is 11.5. The third-order valence-electron chi connectivity index (χ3n) is 0.0962. The van der Waals surface area contributed by atoms with Crippen molar-refractivity contribution in [1.29, 1.82) is 0 Å². The van der Waals surface area contributed by atoms with E-state index in [0.717, 1.165) is 0 Å². The van der Waals surface area contributed by atoms with Crippen molar-refractivity contribution in [2.45, 2.75) is 0 Å². The maximum Gasteiger partial charge on any atom is 0.339 e.